The van der Waals surface area contributed by atoms with E-state index in [-0.39, 0.29) is 5.41 Å². The molecule has 2 nitrogen and oxygen atoms in total. The summed E-state index contributed by atoms with van der Waals surface area (Å²) in [6.07, 6.45) is 0. The van der Waals surface area contributed by atoms with Crippen LogP contribution >= 0.6 is 11.3 Å². The number of hydrogen-bond acceptors (Lipinski definition) is 2. The van der Waals surface area contributed by atoms with Crippen molar-refractivity contribution in [2.24, 2.45) is 0 Å². The monoisotopic (exact) mass is 834 g/mol. The van der Waals surface area contributed by atoms with E-state index < -0.39 is 0 Å². The fraction of sp³-hybridized carbons (Fsp3) is 0.0492. The molecule has 302 valence electrons. The van der Waals surface area contributed by atoms with Crippen molar-refractivity contribution in [1.82, 2.24) is 4.57 Å². The average Bonchev–Trinajstić information content (AvgIpc) is 3.95. The first kappa shape index (κ1) is 36.9. The van der Waals surface area contributed by atoms with E-state index in [4.69, 9.17) is 0 Å². The van der Waals surface area contributed by atoms with Gasteiger partial charge >= 0.3 is 0 Å². The van der Waals surface area contributed by atoms with Crippen LogP contribution in [0.2, 0.25) is 0 Å². The zero-order chi connectivity index (χ0) is 42.5. The largest absolute Gasteiger partial charge is 0.311 e. The summed E-state index contributed by atoms with van der Waals surface area (Å²) in [6.45, 7) is 4.75. The van der Waals surface area contributed by atoms with E-state index in [1.807, 2.05) is 11.3 Å². The second-order valence-corrected chi connectivity index (χ2v) is 18.8. The molecule has 64 heavy (non-hydrogen) atoms. The van der Waals surface area contributed by atoms with Crippen molar-refractivity contribution in [3.05, 3.63) is 230 Å². The highest BCUT2D eigenvalue weighted by molar-refractivity contribution is 7.25. The van der Waals surface area contributed by atoms with E-state index in [1.54, 1.807) is 0 Å². The molecule has 12 aromatic rings. The smallest absolute Gasteiger partial charge is 0.0548 e. The second kappa shape index (κ2) is 14.2. The highest BCUT2D eigenvalue weighted by atomic mass is 32.1. The van der Waals surface area contributed by atoms with Crippen LogP contribution in [-0.4, -0.2) is 4.57 Å². The van der Waals surface area contributed by atoms with Crippen LogP contribution in [0.5, 0.6) is 0 Å². The summed E-state index contributed by atoms with van der Waals surface area (Å²) in [5.41, 5.74) is 17.2. The van der Waals surface area contributed by atoms with Gasteiger partial charge in [0.2, 0.25) is 0 Å². The van der Waals surface area contributed by atoms with Crippen molar-refractivity contribution in [2.45, 2.75) is 19.3 Å². The Morgan fingerprint density at radius 1 is 0.375 bits per heavy atom. The van der Waals surface area contributed by atoms with E-state index in [0.717, 1.165) is 22.7 Å². The van der Waals surface area contributed by atoms with Crippen molar-refractivity contribution in [2.75, 3.05) is 4.90 Å². The van der Waals surface area contributed by atoms with Crippen molar-refractivity contribution in [3.8, 4) is 39.1 Å². The fourth-order valence-electron chi connectivity index (χ4n) is 10.5. The number of nitrogens with zero attached hydrogens (tertiary/aromatic N) is 2. The Balaban J connectivity index is 0.883. The minimum atomic E-state index is -0.0919. The van der Waals surface area contributed by atoms with Crippen molar-refractivity contribution in [1.29, 1.82) is 0 Å². The highest BCUT2D eigenvalue weighted by Gasteiger charge is 2.36. The molecule has 0 fully saturated rings. The molecule has 0 unspecified atom stereocenters. The van der Waals surface area contributed by atoms with Crippen LogP contribution in [0.3, 0.4) is 0 Å². The molecule has 0 bridgehead atoms. The number of aromatic nitrogens is 1. The van der Waals surface area contributed by atoms with Crippen LogP contribution in [0, 0.1) is 0 Å². The number of anilines is 3. The van der Waals surface area contributed by atoms with Gasteiger partial charge in [-0.05, 0) is 140 Å². The lowest BCUT2D eigenvalue weighted by molar-refractivity contribution is 0.661. The molecule has 3 heteroatoms. The zero-order valence-corrected chi connectivity index (χ0v) is 36.4. The van der Waals surface area contributed by atoms with Gasteiger partial charge in [-0.25, -0.2) is 0 Å². The third-order valence-corrected chi connectivity index (χ3v) is 14.9. The first-order valence-corrected chi connectivity index (χ1v) is 23.0. The van der Waals surface area contributed by atoms with Crippen LogP contribution in [-0.2, 0) is 5.41 Å². The molecule has 2 heterocycles. The van der Waals surface area contributed by atoms with Crippen molar-refractivity contribution >= 4 is 81.1 Å². The third kappa shape index (κ3) is 5.71. The van der Waals surface area contributed by atoms with E-state index in [9.17, 15) is 0 Å². The van der Waals surface area contributed by atoms with Crippen LogP contribution in [0.4, 0.5) is 17.1 Å². The maximum absolute atomic E-state index is 2.51. The van der Waals surface area contributed by atoms with Crippen LogP contribution < -0.4 is 4.90 Å². The van der Waals surface area contributed by atoms with E-state index >= 15 is 0 Å². The standard InChI is InChI=1S/C61H42N2S/c1-61(2)55-18-10-8-16-49(55)51-35-52-53-37-60-54(50-17-9-11-19-59(50)64-60)36-57(53)63(58(52)38-56(51)61)48-32-24-41(25-33-48)40-22-28-46(29-23-40)62(45-14-4-3-5-15-45)47-30-26-42(27-31-47)44-21-20-39-12-6-7-13-43(39)34-44/h3-38H,1-2H3. The van der Waals surface area contributed by atoms with E-state index in [1.165, 1.54) is 97.3 Å². The Labute approximate surface area is 376 Å². The molecule has 0 amide bonds. The van der Waals surface area contributed by atoms with Gasteiger partial charge in [-0.1, -0.05) is 147 Å². The Morgan fingerprint density at radius 3 is 1.72 bits per heavy atom. The molecule has 13 rings (SSSR count). The van der Waals surface area contributed by atoms with Gasteiger partial charge in [0.25, 0.3) is 0 Å². The number of benzene rings is 10. The summed E-state index contributed by atoms with van der Waals surface area (Å²) in [6, 6.07) is 80.7. The Morgan fingerprint density at radius 2 is 0.953 bits per heavy atom. The molecule has 0 radical (unpaired) electrons. The second-order valence-electron chi connectivity index (χ2n) is 17.8. The molecule has 0 aliphatic heterocycles. The minimum absolute atomic E-state index is 0.0919. The molecular weight excluding hydrogens is 793 g/mol. The van der Waals surface area contributed by atoms with Gasteiger partial charge < -0.3 is 9.47 Å². The van der Waals surface area contributed by atoms with Gasteiger partial charge in [-0.3, -0.25) is 0 Å². The number of rotatable bonds is 6. The lowest BCUT2D eigenvalue weighted by atomic mass is 9.82. The maximum atomic E-state index is 2.51. The number of hydrogen-bond donors (Lipinski definition) is 0. The molecular formula is C61H42N2S. The van der Waals surface area contributed by atoms with Gasteiger partial charge in [0.05, 0.1) is 11.0 Å². The van der Waals surface area contributed by atoms with E-state index in [2.05, 4.69) is 242 Å². The Hall–Kier alpha value is -7.72. The topological polar surface area (TPSA) is 8.17 Å². The molecule has 0 atom stereocenters. The minimum Gasteiger partial charge on any atom is -0.311 e. The number of thiophene rings is 1. The fourth-order valence-corrected chi connectivity index (χ4v) is 11.6. The first-order valence-electron chi connectivity index (χ1n) is 22.2. The summed E-state index contributed by atoms with van der Waals surface area (Å²) < 4.78 is 5.16. The van der Waals surface area contributed by atoms with Crippen molar-refractivity contribution < 1.29 is 0 Å². The summed E-state index contributed by atoms with van der Waals surface area (Å²) in [5, 5.41) is 7.74. The molecule has 0 saturated carbocycles. The predicted molar refractivity (Wildman–Crippen MR) is 274 cm³/mol. The number of fused-ring (bicyclic) bond motifs is 10. The van der Waals surface area contributed by atoms with Gasteiger partial charge in [-0.15, -0.1) is 11.3 Å². The van der Waals surface area contributed by atoms with Gasteiger partial charge in [0, 0.05) is 59.1 Å². The molecule has 0 spiro atoms. The van der Waals surface area contributed by atoms with Gasteiger partial charge in [0.1, 0.15) is 0 Å². The van der Waals surface area contributed by atoms with Crippen LogP contribution in [0.15, 0.2) is 218 Å². The third-order valence-electron chi connectivity index (χ3n) is 13.8. The predicted octanol–water partition coefficient (Wildman–Crippen LogP) is 17.4. The van der Waals surface area contributed by atoms with Crippen molar-refractivity contribution in [3.63, 3.8) is 0 Å². The summed E-state index contributed by atoms with van der Waals surface area (Å²) in [7, 11) is 0. The molecule has 10 aromatic carbocycles. The van der Waals surface area contributed by atoms with Crippen LogP contribution in [0.1, 0.15) is 25.0 Å². The molecule has 0 saturated heterocycles. The highest BCUT2D eigenvalue weighted by Crippen LogP contribution is 2.51. The maximum Gasteiger partial charge on any atom is 0.0548 e. The normalized spacial score (nSPS) is 13.0. The molecule has 0 N–H and O–H groups in total. The SMILES string of the molecule is CC1(C)c2ccccc2-c2cc3c4cc5sc6ccccc6c5cc4n(-c4ccc(-c5ccc(N(c6ccccc6)c6ccc(-c7ccc8ccccc8c7)cc6)cc5)cc4)c3cc21. The summed E-state index contributed by atoms with van der Waals surface area (Å²) in [5.74, 6) is 0. The average molecular weight is 835 g/mol. The van der Waals surface area contributed by atoms with Gasteiger partial charge in [-0.2, -0.15) is 0 Å². The Bertz CT molecular complexity index is 3780. The lowest BCUT2D eigenvalue weighted by Gasteiger charge is -2.26. The zero-order valence-electron chi connectivity index (χ0n) is 35.6. The molecule has 1 aliphatic rings. The van der Waals surface area contributed by atoms with E-state index in [0.29, 0.717) is 0 Å². The summed E-state index contributed by atoms with van der Waals surface area (Å²) in [4.78, 5) is 2.34. The molecule has 1 aliphatic carbocycles. The molecule has 2 aromatic heterocycles. The number of para-hydroxylation sites is 1. The quantitative estimate of drug-likeness (QED) is 0.162. The van der Waals surface area contributed by atoms with Gasteiger partial charge in [0.15, 0.2) is 0 Å². The lowest BCUT2D eigenvalue weighted by Crippen LogP contribution is -2.14. The first-order chi connectivity index (χ1) is 31.5. The summed E-state index contributed by atoms with van der Waals surface area (Å²) >= 11 is 1.89. The van der Waals surface area contributed by atoms with Crippen LogP contribution in [0.25, 0.3) is 91.8 Å². The Kier molecular flexibility index (Phi) is 8.16.